The van der Waals surface area contributed by atoms with Crippen molar-refractivity contribution in [2.24, 2.45) is 14.1 Å². The Labute approximate surface area is 172 Å². The third-order valence-corrected chi connectivity index (χ3v) is 6.59. The molecule has 1 aliphatic rings. The number of nitrogens with zero attached hydrogens (tertiary/aromatic N) is 4. The molecule has 4 rings (SSSR count). The Hall–Kier alpha value is -2.61. The number of fused-ring (bicyclic) bond motifs is 1. The SMILES string of the molecule is CCOc1ccc(-c2nc(SC3CCCC3)c3c(=O)n(C)c(=O)n(C)c3n2)cc1. The molecule has 0 aliphatic heterocycles. The summed E-state index contributed by atoms with van der Waals surface area (Å²) in [5.74, 6) is 1.28. The molecule has 0 unspecified atom stereocenters. The fourth-order valence-electron chi connectivity index (χ4n) is 3.67. The lowest BCUT2D eigenvalue weighted by molar-refractivity contribution is 0.340. The van der Waals surface area contributed by atoms with Crippen LogP contribution in [0.15, 0.2) is 38.9 Å². The van der Waals surface area contributed by atoms with Crippen LogP contribution in [0.5, 0.6) is 5.75 Å². The first-order valence-corrected chi connectivity index (χ1v) is 10.7. The molecule has 7 nitrogen and oxygen atoms in total. The van der Waals surface area contributed by atoms with Crippen molar-refractivity contribution >= 4 is 22.8 Å². The molecule has 0 N–H and O–H groups in total. The van der Waals surface area contributed by atoms with E-state index in [0.29, 0.717) is 33.7 Å². The molecule has 0 bridgehead atoms. The normalized spacial score (nSPS) is 14.6. The van der Waals surface area contributed by atoms with Gasteiger partial charge in [-0.05, 0) is 44.0 Å². The van der Waals surface area contributed by atoms with Crippen LogP contribution in [0, 0.1) is 0 Å². The van der Waals surface area contributed by atoms with Gasteiger partial charge in [-0.1, -0.05) is 12.8 Å². The third-order valence-electron chi connectivity index (χ3n) is 5.27. The standard InChI is InChI=1S/C21H24N4O3S/c1-4-28-14-11-9-13(10-12-14)17-22-18-16(20(26)25(3)21(27)24(18)2)19(23-17)29-15-7-5-6-8-15/h9-12,15H,4-8H2,1-3H3. The van der Waals surface area contributed by atoms with Gasteiger partial charge in [-0.2, -0.15) is 0 Å². The van der Waals surface area contributed by atoms with E-state index in [1.54, 1.807) is 18.8 Å². The van der Waals surface area contributed by atoms with Crippen molar-refractivity contribution in [3.8, 4) is 17.1 Å². The first kappa shape index (κ1) is 19.7. The summed E-state index contributed by atoms with van der Waals surface area (Å²) in [4.78, 5) is 34.7. The summed E-state index contributed by atoms with van der Waals surface area (Å²) in [5, 5.41) is 1.51. The molecule has 1 fully saturated rings. The average molecular weight is 413 g/mol. The predicted octanol–water partition coefficient (Wildman–Crippen LogP) is 3.13. The monoisotopic (exact) mass is 412 g/mol. The highest BCUT2D eigenvalue weighted by Crippen LogP contribution is 2.36. The summed E-state index contributed by atoms with van der Waals surface area (Å²) in [5.41, 5.74) is 0.451. The zero-order chi connectivity index (χ0) is 20.5. The van der Waals surface area contributed by atoms with E-state index in [1.165, 1.54) is 24.5 Å². The number of rotatable bonds is 5. The minimum absolute atomic E-state index is 0.346. The number of hydrogen-bond donors (Lipinski definition) is 0. The molecule has 0 atom stereocenters. The van der Waals surface area contributed by atoms with Crippen molar-refractivity contribution in [3.05, 3.63) is 45.1 Å². The van der Waals surface area contributed by atoms with Crippen molar-refractivity contribution in [1.29, 1.82) is 0 Å². The van der Waals surface area contributed by atoms with Gasteiger partial charge in [0, 0.05) is 24.9 Å². The van der Waals surface area contributed by atoms with Gasteiger partial charge in [0.25, 0.3) is 5.56 Å². The highest BCUT2D eigenvalue weighted by atomic mass is 32.2. The quantitative estimate of drug-likeness (QED) is 0.599. The van der Waals surface area contributed by atoms with Crippen LogP contribution in [0.2, 0.25) is 0 Å². The summed E-state index contributed by atoms with van der Waals surface area (Å²) in [6, 6.07) is 7.54. The third kappa shape index (κ3) is 3.69. The van der Waals surface area contributed by atoms with Gasteiger partial charge in [0.2, 0.25) is 0 Å². The molecule has 2 heterocycles. The van der Waals surface area contributed by atoms with Crippen LogP contribution in [0.1, 0.15) is 32.6 Å². The summed E-state index contributed by atoms with van der Waals surface area (Å²) in [6.07, 6.45) is 4.62. The molecule has 0 spiro atoms. The molecular weight excluding hydrogens is 388 g/mol. The highest BCUT2D eigenvalue weighted by molar-refractivity contribution is 8.00. The zero-order valence-electron chi connectivity index (χ0n) is 16.8. The Morgan fingerprint density at radius 2 is 1.76 bits per heavy atom. The smallest absolute Gasteiger partial charge is 0.332 e. The van der Waals surface area contributed by atoms with Crippen LogP contribution < -0.4 is 16.0 Å². The molecule has 0 amide bonds. The molecule has 0 saturated heterocycles. The molecule has 29 heavy (non-hydrogen) atoms. The average Bonchev–Trinajstić information content (AvgIpc) is 3.24. The van der Waals surface area contributed by atoms with Gasteiger partial charge in [0.15, 0.2) is 11.5 Å². The van der Waals surface area contributed by atoms with E-state index < -0.39 is 5.69 Å². The second-order valence-corrected chi connectivity index (χ2v) is 8.53. The molecule has 3 aromatic rings. The number of thioether (sulfide) groups is 1. The fourth-order valence-corrected chi connectivity index (χ4v) is 4.99. The van der Waals surface area contributed by atoms with Crippen molar-refractivity contribution in [2.75, 3.05) is 6.61 Å². The highest BCUT2D eigenvalue weighted by Gasteiger charge is 2.23. The van der Waals surface area contributed by atoms with Crippen molar-refractivity contribution in [1.82, 2.24) is 19.1 Å². The molecule has 152 valence electrons. The Bertz CT molecular complexity index is 1160. The number of benzene rings is 1. The van der Waals surface area contributed by atoms with Gasteiger partial charge < -0.3 is 4.74 Å². The zero-order valence-corrected chi connectivity index (χ0v) is 17.7. The number of ether oxygens (including phenoxy) is 1. The van der Waals surface area contributed by atoms with E-state index in [2.05, 4.69) is 4.98 Å². The topological polar surface area (TPSA) is 79.0 Å². The number of aryl methyl sites for hydroxylation is 1. The van der Waals surface area contributed by atoms with E-state index >= 15 is 0 Å². The Morgan fingerprint density at radius 1 is 1.07 bits per heavy atom. The van der Waals surface area contributed by atoms with E-state index in [0.717, 1.165) is 28.7 Å². The summed E-state index contributed by atoms with van der Waals surface area (Å²) in [7, 11) is 3.14. The number of aromatic nitrogens is 4. The van der Waals surface area contributed by atoms with E-state index in [-0.39, 0.29) is 5.56 Å². The second-order valence-electron chi connectivity index (χ2n) is 7.24. The van der Waals surface area contributed by atoms with E-state index in [1.807, 2.05) is 31.2 Å². The van der Waals surface area contributed by atoms with Gasteiger partial charge in [-0.25, -0.2) is 14.8 Å². The van der Waals surface area contributed by atoms with Crippen molar-refractivity contribution in [3.63, 3.8) is 0 Å². The maximum atomic E-state index is 12.9. The Morgan fingerprint density at radius 3 is 2.41 bits per heavy atom. The maximum Gasteiger partial charge on any atom is 0.332 e. The summed E-state index contributed by atoms with van der Waals surface area (Å²) >= 11 is 1.63. The Balaban J connectivity index is 1.91. The Kier molecular flexibility index (Phi) is 5.45. The predicted molar refractivity (Wildman–Crippen MR) is 115 cm³/mol. The van der Waals surface area contributed by atoms with E-state index in [9.17, 15) is 9.59 Å². The minimum Gasteiger partial charge on any atom is -0.494 e. The van der Waals surface area contributed by atoms with Crippen LogP contribution in [0.25, 0.3) is 22.4 Å². The lowest BCUT2D eigenvalue weighted by Gasteiger charge is -2.14. The molecule has 1 aromatic carbocycles. The van der Waals surface area contributed by atoms with Crippen LogP contribution >= 0.6 is 11.8 Å². The van der Waals surface area contributed by atoms with Crippen LogP contribution in [-0.4, -0.2) is 31.0 Å². The largest absolute Gasteiger partial charge is 0.494 e. The maximum absolute atomic E-state index is 12.9. The van der Waals surface area contributed by atoms with E-state index in [4.69, 9.17) is 9.72 Å². The minimum atomic E-state index is -0.393. The molecule has 1 aliphatic carbocycles. The summed E-state index contributed by atoms with van der Waals surface area (Å²) < 4.78 is 8.06. The molecule has 0 radical (unpaired) electrons. The van der Waals surface area contributed by atoms with Crippen LogP contribution in [0.4, 0.5) is 0 Å². The fraction of sp³-hybridized carbons (Fsp3) is 0.429. The number of hydrogen-bond acceptors (Lipinski definition) is 6. The lowest BCUT2D eigenvalue weighted by atomic mass is 10.2. The van der Waals surface area contributed by atoms with Crippen molar-refractivity contribution < 1.29 is 4.74 Å². The van der Waals surface area contributed by atoms with Crippen LogP contribution in [0.3, 0.4) is 0 Å². The molecular formula is C21H24N4O3S. The first-order chi connectivity index (χ1) is 14.0. The van der Waals surface area contributed by atoms with Gasteiger partial charge in [0.1, 0.15) is 16.2 Å². The van der Waals surface area contributed by atoms with Gasteiger partial charge >= 0.3 is 5.69 Å². The van der Waals surface area contributed by atoms with Crippen LogP contribution in [-0.2, 0) is 14.1 Å². The van der Waals surface area contributed by atoms with Gasteiger partial charge in [-0.15, -0.1) is 11.8 Å². The molecule has 8 heteroatoms. The lowest BCUT2D eigenvalue weighted by Crippen LogP contribution is -2.37. The molecule has 1 saturated carbocycles. The van der Waals surface area contributed by atoms with Gasteiger partial charge in [-0.3, -0.25) is 13.9 Å². The summed E-state index contributed by atoms with van der Waals surface area (Å²) in [6.45, 7) is 2.54. The second kappa shape index (κ2) is 8.02. The van der Waals surface area contributed by atoms with Crippen molar-refractivity contribution in [2.45, 2.75) is 42.9 Å². The van der Waals surface area contributed by atoms with Gasteiger partial charge in [0.05, 0.1) is 6.61 Å². The first-order valence-electron chi connectivity index (χ1n) is 9.87. The molecule has 2 aromatic heterocycles.